The number of aryl methyl sites for hydroxylation is 1. The SMILES string of the molecule is CC[C@H](C)[C@H](Nc1ccc2c(cc1=O)[C@H](NC(C)=O)CCc1cc(OC)c(OC)c(OC)c1-2)C(=O)NCCC1=CCCCC1. The maximum atomic E-state index is 13.8. The van der Waals surface area contributed by atoms with Gasteiger partial charge in [0.2, 0.25) is 23.0 Å². The van der Waals surface area contributed by atoms with Crippen molar-refractivity contribution in [1.82, 2.24) is 10.6 Å². The Bertz CT molecular complexity index is 1450. The zero-order chi connectivity index (χ0) is 31.8. The average molecular weight is 606 g/mol. The van der Waals surface area contributed by atoms with Gasteiger partial charge in [0.15, 0.2) is 11.5 Å². The largest absolute Gasteiger partial charge is 0.493 e. The molecular weight excluding hydrogens is 558 g/mol. The fourth-order valence-corrected chi connectivity index (χ4v) is 6.28. The van der Waals surface area contributed by atoms with Gasteiger partial charge in [0.05, 0.1) is 33.1 Å². The van der Waals surface area contributed by atoms with E-state index in [1.165, 1.54) is 25.3 Å². The molecule has 0 unspecified atom stereocenters. The molecule has 0 aromatic heterocycles. The van der Waals surface area contributed by atoms with Crippen molar-refractivity contribution in [2.45, 2.75) is 84.2 Å². The second-order valence-corrected chi connectivity index (χ2v) is 11.8. The molecule has 3 N–H and O–H groups in total. The third-order valence-corrected chi connectivity index (χ3v) is 8.85. The van der Waals surface area contributed by atoms with Crippen LogP contribution in [0.1, 0.15) is 82.9 Å². The minimum atomic E-state index is -0.590. The van der Waals surface area contributed by atoms with Gasteiger partial charge >= 0.3 is 0 Å². The highest BCUT2D eigenvalue weighted by Crippen LogP contribution is 2.50. The molecule has 2 aliphatic carbocycles. The first-order valence-electron chi connectivity index (χ1n) is 15.7. The van der Waals surface area contributed by atoms with Gasteiger partial charge in [0, 0.05) is 19.0 Å². The predicted octanol–water partition coefficient (Wildman–Crippen LogP) is 5.70. The number of hydrogen-bond acceptors (Lipinski definition) is 7. The van der Waals surface area contributed by atoms with Crippen LogP contribution in [-0.4, -0.2) is 45.7 Å². The number of nitrogens with one attached hydrogen (secondary N) is 3. The highest BCUT2D eigenvalue weighted by atomic mass is 16.5. The second-order valence-electron chi connectivity index (χ2n) is 11.8. The molecule has 9 heteroatoms. The maximum absolute atomic E-state index is 13.8. The summed E-state index contributed by atoms with van der Waals surface area (Å²) in [5, 5.41) is 9.43. The van der Waals surface area contributed by atoms with Crippen LogP contribution < -0.4 is 35.6 Å². The van der Waals surface area contributed by atoms with E-state index in [4.69, 9.17) is 14.2 Å². The lowest BCUT2D eigenvalue weighted by Gasteiger charge is -2.24. The number of methoxy groups -OCH3 is 3. The minimum Gasteiger partial charge on any atom is -0.493 e. The topological polar surface area (TPSA) is 115 Å². The van der Waals surface area contributed by atoms with Gasteiger partial charge in [-0.2, -0.15) is 0 Å². The van der Waals surface area contributed by atoms with Crippen LogP contribution in [0.3, 0.4) is 0 Å². The summed E-state index contributed by atoms with van der Waals surface area (Å²) < 4.78 is 17.2. The van der Waals surface area contributed by atoms with E-state index in [-0.39, 0.29) is 23.2 Å². The van der Waals surface area contributed by atoms with Gasteiger partial charge < -0.3 is 30.2 Å². The highest BCUT2D eigenvalue weighted by Gasteiger charge is 2.30. The van der Waals surface area contributed by atoms with Crippen LogP contribution in [0, 0.1) is 5.92 Å². The molecule has 2 aromatic rings. The molecule has 44 heavy (non-hydrogen) atoms. The number of allylic oxidation sites excluding steroid dienone is 1. The van der Waals surface area contributed by atoms with Gasteiger partial charge in [-0.15, -0.1) is 0 Å². The van der Waals surface area contributed by atoms with E-state index in [0.29, 0.717) is 47.9 Å². The first-order chi connectivity index (χ1) is 21.2. The lowest BCUT2D eigenvalue weighted by molar-refractivity contribution is -0.123. The first kappa shape index (κ1) is 32.9. The molecule has 3 atom stereocenters. The molecule has 2 aliphatic rings. The summed E-state index contributed by atoms with van der Waals surface area (Å²) in [6, 6.07) is 6.10. The van der Waals surface area contributed by atoms with Crippen molar-refractivity contribution >= 4 is 17.5 Å². The van der Waals surface area contributed by atoms with Gasteiger partial charge in [-0.25, -0.2) is 0 Å². The monoisotopic (exact) mass is 605 g/mol. The molecule has 238 valence electrons. The molecular formula is C35H47N3O6. The number of carbonyl (C=O) groups is 2. The van der Waals surface area contributed by atoms with Crippen molar-refractivity contribution in [3.05, 3.63) is 57.3 Å². The Kier molecular flexibility index (Phi) is 11.3. The third kappa shape index (κ3) is 7.37. The molecule has 0 heterocycles. The Balaban J connectivity index is 1.76. The van der Waals surface area contributed by atoms with Gasteiger partial charge in [-0.05, 0) is 85.8 Å². The van der Waals surface area contributed by atoms with E-state index < -0.39 is 12.1 Å². The highest BCUT2D eigenvalue weighted by molar-refractivity contribution is 5.86. The van der Waals surface area contributed by atoms with Crippen molar-refractivity contribution in [3.8, 4) is 28.4 Å². The number of rotatable bonds is 12. The molecule has 2 aromatic carbocycles. The Labute approximate surface area is 260 Å². The molecule has 0 spiro atoms. The van der Waals surface area contributed by atoms with E-state index in [9.17, 15) is 14.4 Å². The predicted molar refractivity (Wildman–Crippen MR) is 174 cm³/mol. The van der Waals surface area contributed by atoms with E-state index in [0.717, 1.165) is 42.4 Å². The van der Waals surface area contributed by atoms with Crippen molar-refractivity contribution in [1.29, 1.82) is 0 Å². The summed E-state index contributed by atoms with van der Waals surface area (Å²) in [7, 11) is 4.70. The van der Waals surface area contributed by atoms with Crippen LogP contribution in [0.25, 0.3) is 11.1 Å². The molecule has 2 amide bonds. The standard InChI is InChI=1S/C35H47N3O6/c1-7-21(2)32(35(41)36-18-17-23-11-9-8-10-12-23)38-28-16-14-25-26(20-29(28)40)27(37-22(3)39)15-13-24-19-30(42-4)33(43-5)34(44-6)31(24)25/h11,14,16,19-21,27,32H,7-10,12-13,15,17-18H2,1-6H3,(H,36,41)(H,37,39)(H,38,40)/t21-,27+,32-/m0/s1. The molecule has 0 radical (unpaired) electrons. The summed E-state index contributed by atoms with van der Waals surface area (Å²) in [6.45, 7) is 6.09. The van der Waals surface area contributed by atoms with Gasteiger partial charge in [-0.1, -0.05) is 38.0 Å². The van der Waals surface area contributed by atoms with Crippen molar-refractivity contribution in [3.63, 3.8) is 0 Å². The van der Waals surface area contributed by atoms with E-state index in [1.807, 2.05) is 26.0 Å². The summed E-state index contributed by atoms with van der Waals surface area (Å²) in [4.78, 5) is 39.5. The second kappa shape index (κ2) is 15.1. The quantitative estimate of drug-likeness (QED) is 0.266. The molecule has 9 nitrogen and oxygen atoms in total. The fourth-order valence-electron chi connectivity index (χ4n) is 6.28. The minimum absolute atomic E-state index is 0.0173. The number of anilines is 1. The number of amides is 2. The number of hydrogen-bond donors (Lipinski definition) is 3. The van der Waals surface area contributed by atoms with Crippen molar-refractivity contribution in [2.24, 2.45) is 5.92 Å². The van der Waals surface area contributed by atoms with E-state index in [2.05, 4.69) is 22.0 Å². The van der Waals surface area contributed by atoms with Gasteiger partial charge in [0.1, 0.15) is 6.04 Å². The molecule has 4 rings (SSSR count). The smallest absolute Gasteiger partial charge is 0.242 e. The van der Waals surface area contributed by atoms with Crippen LogP contribution in [-0.2, 0) is 16.0 Å². The van der Waals surface area contributed by atoms with Crippen LogP contribution in [0.2, 0.25) is 0 Å². The van der Waals surface area contributed by atoms with Crippen LogP contribution >= 0.6 is 0 Å². The lowest BCUT2D eigenvalue weighted by Crippen LogP contribution is -2.44. The van der Waals surface area contributed by atoms with Crippen molar-refractivity contribution in [2.75, 3.05) is 33.2 Å². The summed E-state index contributed by atoms with van der Waals surface area (Å²) in [6.07, 6.45) is 9.73. The molecule has 0 saturated carbocycles. The van der Waals surface area contributed by atoms with Crippen LogP contribution in [0.4, 0.5) is 5.69 Å². The maximum Gasteiger partial charge on any atom is 0.242 e. The summed E-state index contributed by atoms with van der Waals surface area (Å²) in [5.74, 6) is 1.15. The Morgan fingerprint density at radius 3 is 2.43 bits per heavy atom. The third-order valence-electron chi connectivity index (χ3n) is 8.85. The van der Waals surface area contributed by atoms with Crippen molar-refractivity contribution < 1.29 is 23.8 Å². The van der Waals surface area contributed by atoms with Gasteiger partial charge in [0.25, 0.3) is 0 Å². The zero-order valence-electron chi connectivity index (χ0n) is 26.9. The normalized spacial score (nSPS) is 17.0. The number of carbonyl (C=O) groups excluding carboxylic acids is 2. The lowest BCUT2D eigenvalue weighted by atomic mass is 9.95. The molecule has 0 bridgehead atoms. The summed E-state index contributed by atoms with van der Waals surface area (Å²) in [5.41, 5.74) is 4.60. The molecule has 0 fully saturated rings. The Morgan fingerprint density at radius 1 is 1.02 bits per heavy atom. The number of fused-ring (bicyclic) bond motifs is 3. The van der Waals surface area contributed by atoms with Gasteiger partial charge in [-0.3, -0.25) is 14.4 Å². The summed E-state index contributed by atoms with van der Waals surface area (Å²) >= 11 is 0. The van der Waals surface area contributed by atoms with Crippen LogP contribution in [0.15, 0.2) is 40.7 Å². The number of ether oxygens (including phenoxy) is 3. The number of benzene rings is 1. The fraction of sp³-hybridized carbons (Fsp3) is 0.514. The van der Waals surface area contributed by atoms with E-state index in [1.54, 1.807) is 33.5 Å². The average Bonchev–Trinajstić information content (AvgIpc) is 3.26. The van der Waals surface area contributed by atoms with Crippen LogP contribution in [0.5, 0.6) is 17.2 Å². The molecule has 0 aliphatic heterocycles. The first-order valence-corrected chi connectivity index (χ1v) is 15.7. The molecule has 0 saturated heterocycles. The zero-order valence-corrected chi connectivity index (χ0v) is 26.9. The Morgan fingerprint density at radius 2 is 1.80 bits per heavy atom. The Hall–Kier alpha value is -4.01. The van der Waals surface area contributed by atoms with E-state index >= 15 is 0 Å².